The molecule has 3 rings (SSSR count). The number of hydrogen-bond donors (Lipinski definition) is 1. The van der Waals surface area contributed by atoms with E-state index < -0.39 is 0 Å². The Morgan fingerprint density at radius 3 is 2.59 bits per heavy atom. The van der Waals surface area contributed by atoms with Gasteiger partial charge in [-0.15, -0.1) is 0 Å². The summed E-state index contributed by atoms with van der Waals surface area (Å²) in [5.41, 5.74) is 1.83. The number of halogens is 1. The summed E-state index contributed by atoms with van der Waals surface area (Å²) in [5, 5.41) is 3.72. The van der Waals surface area contributed by atoms with Gasteiger partial charge in [-0.05, 0) is 55.6 Å². The van der Waals surface area contributed by atoms with E-state index in [-0.39, 0.29) is 5.83 Å². The smallest absolute Gasteiger partial charge is 0.119 e. The van der Waals surface area contributed by atoms with Crippen molar-refractivity contribution in [1.82, 2.24) is 10.2 Å². The molecule has 2 fully saturated rings. The van der Waals surface area contributed by atoms with Crippen LogP contribution in [0.4, 0.5) is 4.39 Å². The third kappa shape index (κ3) is 3.21. The van der Waals surface area contributed by atoms with Gasteiger partial charge in [0.05, 0.1) is 0 Å². The fraction of sp³-hybridized carbons (Fsp3) is 0.684. The standard InChI is InChI=1S/C19H29FN2/c1-4-15-12-22(18(5-2)10-19(15)13(3)20)11-14-8-16-6-7-17(9-14)21-16/h4,14,16-18,21H,1,3,5-12H2,2H3. The molecule has 0 radical (unpaired) electrons. The molecule has 3 atom stereocenters. The predicted molar refractivity (Wildman–Crippen MR) is 90.4 cm³/mol. The summed E-state index contributed by atoms with van der Waals surface area (Å²) in [7, 11) is 0. The second kappa shape index (κ2) is 6.67. The maximum atomic E-state index is 13.7. The van der Waals surface area contributed by atoms with Crippen LogP contribution in [0.2, 0.25) is 0 Å². The van der Waals surface area contributed by atoms with Crippen molar-refractivity contribution in [1.29, 1.82) is 0 Å². The lowest BCUT2D eigenvalue weighted by Gasteiger charge is -2.40. The number of rotatable bonds is 5. The molecule has 0 aromatic rings. The molecule has 22 heavy (non-hydrogen) atoms. The van der Waals surface area contributed by atoms with E-state index in [2.05, 4.69) is 30.3 Å². The quantitative estimate of drug-likeness (QED) is 0.827. The fourth-order valence-corrected chi connectivity index (χ4v) is 4.68. The Hall–Kier alpha value is -0.930. The molecule has 2 saturated heterocycles. The first-order valence-corrected chi connectivity index (χ1v) is 8.80. The zero-order chi connectivity index (χ0) is 15.7. The van der Waals surface area contributed by atoms with E-state index in [1.54, 1.807) is 0 Å². The Balaban J connectivity index is 1.70. The highest BCUT2D eigenvalue weighted by molar-refractivity contribution is 5.38. The molecule has 0 amide bonds. The molecule has 0 saturated carbocycles. The molecule has 3 aliphatic heterocycles. The number of hydrogen-bond acceptors (Lipinski definition) is 2. The lowest BCUT2D eigenvalue weighted by Crippen LogP contribution is -2.47. The second-order valence-electron chi connectivity index (χ2n) is 7.28. The number of nitrogens with one attached hydrogen (secondary N) is 1. The highest BCUT2D eigenvalue weighted by Crippen LogP contribution is 2.35. The Kier molecular flexibility index (Phi) is 4.84. The molecule has 2 nitrogen and oxygen atoms in total. The average Bonchev–Trinajstić information content (AvgIpc) is 2.85. The highest BCUT2D eigenvalue weighted by Gasteiger charge is 2.36. The van der Waals surface area contributed by atoms with Crippen LogP contribution in [0.15, 0.2) is 36.2 Å². The predicted octanol–water partition coefficient (Wildman–Crippen LogP) is 3.97. The first-order valence-electron chi connectivity index (χ1n) is 8.80. The Morgan fingerprint density at radius 2 is 2.05 bits per heavy atom. The molecule has 3 aliphatic rings. The van der Waals surface area contributed by atoms with Gasteiger partial charge in [-0.1, -0.05) is 26.2 Å². The van der Waals surface area contributed by atoms with Crippen LogP contribution in [0.1, 0.15) is 45.4 Å². The van der Waals surface area contributed by atoms with Crippen LogP contribution in [-0.2, 0) is 0 Å². The summed E-state index contributed by atoms with van der Waals surface area (Å²) in [6, 6.07) is 1.92. The molecule has 122 valence electrons. The van der Waals surface area contributed by atoms with Gasteiger partial charge in [-0.3, -0.25) is 4.90 Å². The number of fused-ring (bicyclic) bond motifs is 2. The number of nitrogens with zero attached hydrogens (tertiary/aromatic N) is 1. The minimum absolute atomic E-state index is 0.270. The monoisotopic (exact) mass is 304 g/mol. The summed E-state index contributed by atoms with van der Waals surface area (Å²) >= 11 is 0. The summed E-state index contributed by atoms with van der Waals surface area (Å²) in [6.07, 6.45) is 8.98. The van der Waals surface area contributed by atoms with Gasteiger partial charge in [0, 0.05) is 31.2 Å². The van der Waals surface area contributed by atoms with Crippen molar-refractivity contribution in [3.8, 4) is 0 Å². The van der Waals surface area contributed by atoms with E-state index in [1.807, 2.05) is 6.08 Å². The van der Waals surface area contributed by atoms with Crippen molar-refractivity contribution in [2.24, 2.45) is 5.92 Å². The van der Waals surface area contributed by atoms with Crippen LogP contribution in [0.3, 0.4) is 0 Å². The van der Waals surface area contributed by atoms with Gasteiger partial charge in [-0.25, -0.2) is 4.39 Å². The van der Waals surface area contributed by atoms with E-state index in [0.717, 1.165) is 55.1 Å². The molecule has 0 spiro atoms. The van der Waals surface area contributed by atoms with Crippen LogP contribution in [0.25, 0.3) is 0 Å². The van der Waals surface area contributed by atoms with Gasteiger partial charge in [0.25, 0.3) is 0 Å². The van der Waals surface area contributed by atoms with E-state index in [9.17, 15) is 4.39 Å². The lowest BCUT2D eigenvalue weighted by molar-refractivity contribution is 0.139. The SMILES string of the molecule is C=CC1=C(C(=C)F)CC(CC)N(CC2CC3CCC(C2)N3)C1. The van der Waals surface area contributed by atoms with E-state index in [4.69, 9.17) is 0 Å². The second-order valence-corrected chi connectivity index (χ2v) is 7.28. The van der Waals surface area contributed by atoms with Crippen LogP contribution < -0.4 is 5.32 Å². The van der Waals surface area contributed by atoms with Crippen LogP contribution in [0.5, 0.6) is 0 Å². The van der Waals surface area contributed by atoms with Gasteiger partial charge in [-0.2, -0.15) is 0 Å². The Morgan fingerprint density at radius 1 is 1.36 bits per heavy atom. The van der Waals surface area contributed by atoms with E-state index in [0.29, 0.717) is 6.04 Å². The van der Waals surface area contributed by atoms with Crippen molar-refractivity contribution in [3.63, 3.8) is 0 Å². The largest absolute Gasteiger partial charge is 0.311 e. The van der Waals surface area contributed by atoms with Gasteiger partial charge in [0.2, 0.25) is 0 Å². The molecule has 0 aromatic heterocycles. The summed E-state index contributed by atoms with van der Waals surface area (Å²) < 4.78 is 13.7. The molecule has 0 aromatic carbocycles. The van der Waals surface area contributed by atoms with Crippen molar-refractivity contribution in [3.05, 3.63) is 36.2 Å². The van der Waals surface area contributed by atoms with E-state index >= 15 is 0 Å². The molecule has 2 bridgehead atoms. The van der Waals surface area contributed by atoms with Gasteiger partial charge in [0.1, 0.15) is 5.83 Å². The third-order valence-electron chi connectivity index (χ3n) is 5.83. The van der Waals surface area contributed by atoms with Crippen molar-refractivity contribution >= 4 is 0 Å². The van der Waals surface area contributed by atoms with Gasteiger partial charge in [0.15, 0.2) is 0 Å². The van der Waals surface area contributed by atoms with Crippen LogP contribution in [-0.4, -0.2) is 36.1 Å². The molecule has 1 N–H and O–H groups in total. The average molecular weight is 304 g/mol. The number of allylic oxidation sites excluding steroid dienone is 1. The van der Waals surface area contributed by atoms with Crippen LogP contribution >= 0.6 is 0 Å². The topological polar surface area (TPSA) is 15.3 Å². The lowest BCUT2D eigenvalue weighted by atomic mass is 9.87. The molecule has 0 aliphatic carbocycles. The molecule has 3 heterocycles. The highest BCUT2D eigenvalue weighted by atomic mass is 19.1. The van der Waals surface area contributed by atoms with E-state index in [1.165, 1.54) is 25.7 Å². The van der Waals surface area contributed by atoms with Crippen molar-refractivity contribution in [2.75, 3.05) is 13.1 Å². The molecule has 3 unspecified atom stereocenters. The summed E-state index contributed by atoms with van der Waals surface area (Å²) in [5.74, 6) is 0.516. The maximum absolute atomic E-state index is 13.7. The first-order chi connectivity index (χ1) is 10.6. The Bertz CT molecular complexity index is 470. The maximum Gasteiger partial charge on any atom is 0.119 e. The van der Waals surface area contributed by atoms with Crippen molar-refractivity contribution in [2.45, 2.75) is 63.6 Å². The third-order valence-corrected chi connectivity index (χ3v) is 5.83. The normalized spacial score (nSPS) is 35.7. The molecular formula is C19H29FN2. The Labute approximate surface area is 134 Å². The van der Waals surface area contributed by atoms with Gasteiger partial charge >= 0.3 is 0 Å². The summed E-state index contributed by atoms with van der Waals surface area (Å²) in [4.78, 5) is 2.57. The zero-order valence-electron chi connectivity index (χ0n) is 13.8. The minimum Gasteiger partial charge on any atom is -0.311 e. The van der Waals surface area contributed by atoms with Crippen molar-refractivity contribution < 1.29 is 4.39 Å². The van der Waals surface area contributed by atoms with Gasteiger partial charge < -0.3 is 5.32 Å². The summed E-state index contributed by atoms with van der Waals surface area (Å²) in [6.45, 7) is 11.6. The molecule has 3 heteroatoms. The van der Waals surface area contributed by atoms with Crippen LogP contribution in [0, 0.1) is 5.92 Å². The first kappa shape index (κ1) is 15.9. The zero-order valence-corrected chi connectivity index (χ0v) is 13.8. The minimum atomic E-state index is -0.270. The fourth-order valence-electron chi connectivity index (χ4n) is 4.68. The number of piperidine rings is 1. The molecular weight excluding hydrogens is 275 g/mol.